The third-order valence-electron chi connectivity index (χ3n) is 4.74. The van der Waals surface area contributed by atoms with Crippen LogP contribution in [-0.4, -0.2) is 23.3 Å². The number of nitrogens with one attached hydrogen (secondary N) is 2. The molecule has 0 atom stereocenters. The van der Waals surface area contributed by atoms with Gasteiger partial charge in [-0.15, -0.1) is 0 Å². The van der Waals surface area contributed by atoms with Crippen LogP contribution in [0.2, 0.25) is 0 Å². The summed E-state index contributed by atoms with van der Waals surface area (Å²) in [6.45, 7) is 0.839. The van der Waals surface area contributed by atoms with Crippen LogP contribution in [-0.2, 0) is 6.54 Å². The van der Waals surface area contributed by atoms with Gasteiger partial charge in [0.2, 0.25) is 0 Å². The van der Waals surface area contributed by atoms with E-state index in [9.17, 15) is 14.0 Å². The molecule has 6 heteroatoms. The zero-order valence-electron chi connectivity index (χ0n) is 15.7. The number of amides is 2. The number of hydrogen-bond acceptors (Lipinski definition) is 3. The average Bonchev–Trinajstić information content (AvgIpc) is 2.74. The predicted molar refractivity (Wildman–Crippen MR) is 105 cm³/mol. The number of hydrogen-bond donors (Lipinski definition) is 2. The summed E-state index contributed by atoms with van der Waals surface area (Å²) in [5, 5.41) is 5.62. The van der Waals surface area contributed by atoms with Gasteiger partial charge in [-0.25, -0.2) is 4.39 Å². The molecule has 0 saturated heterocycles. The van der Waals surface area contributed by atoms with E-state index >= 15 is 0 Å². The van der Waals surface area contributed by atoms with Crippen molar-refractivity contribution in [1.29, 1.82) is 0 Å². The Hall–Kier alpha value is -3.02. The predicted octanol–water partition coefficient (Wildman–Crippen LogP) is 3.77. The molecule has 2 amide bonds. The molecular weight excluding hydrogens is 357 g/mol. The molecule has 0 spiro atoms. The second-order valence-electron chi connectivity index (χ2n) is 6.85. The number of rotatable bonds is 7. The van der Waals surface area contributed by atoms with E-state index in [1.54, 1.807) is 18.2 Å². The summed E-state index contributed by atoms with van der Waals surface area (Å²) in [4.78, 5) is 28.7. The van der Waals surface area contributed by atoms with Gasteiger partial charge in [0.25, 0.3) is 11.8 Å². The van der Waals surface area contributed by atoms with Gasteiger partial charge in [0.1, 0.15) is 11.5 Å². The number of nitrogens with zero attached hydrogens (tertiary/aromatic N) is 1. The highest BCUT2D eigenvalue weighted by molar-refractivity contribution is 5.98. The highest BCUT2D eigenvalue weighted by Gasteiger charge is 2.12. The zero-order chi connectivity index (χ0) is 19.8. The standard InChI is InChI=1S/C22H24FN3O2/c23-19-8-6-17(7-9-19)15-26-21(27)18-11-13-24-20(14-18)22(28)25-12-10-16-4-2-1-3-5-16/h4,6-9,11,13-14H,1-3,5,10,12,15H2,(H,25,28)(H,26,27). The van der Waals surface area contributed by atoms with Crippen LogP contribution in [0.4, 0.5) is 4.39 Å². The van der Waals surface area contributed by atoms with Crippen LogP contribution >= 0.6 is 0 Å². The lowest BCUT2D eigenvalue weighted by molar-refractivity contribution is 0.0949. The van der Waals surface area contributed by atoms with Gasteiger partial charge in [0.15, 0.2) is 0 Å². The van der Waals surface area contributed by atoms with Crippen molar-refractivity contribution in [3.63, 3.8) is 0 Å². The van der Waals surface area contributed by atoms with Crippen molar-refractivity contribution in [2.24, 2.45) is 0 Å². The van der Waals surface area contributed by atoms with Crippen LogP contribution in [0.15, 0.2) is 54.2 Å². The van der Waals surface area contributed by atoms with Crippen LogP contribution in [0.3, 0.4) is 0 Å². The number of pyridine rings is 1. The van der Waals surface area contributed by atoms with Gasteiger partial charge < -0.3 is 10.6 Å². The van der Waals surface area contributed by atoms with Gasteiger partial charge in [0, 0.05) is 24.8 Å². The second kappa shape index (κ2) is 9.78. The second-order valence-corrected chi connectivity index (χ2v) is 6.85. The molecule has 2 aromatic rings. The Morgan fingerprint density at radius 2 is 1.86 bits per heavy atom. The minimum atomic E-state index is -0.320. The topological polar surface area (TPSA) is 71.1 Å². The molecule has 1 aromatic heterocycles. The molecule has 0 saturated carbocycles. The van der Waals surface area contributed by atoms with E-state index in [1.165, 1.54) is 42.8 Å². The summed E-state index contributed by atoms with van der Waals surface area (Å²) in [6, 6.07) is 8.96. The van der Waals surface area contributed by atoms with Crippen LogP contribution in [0.5, 0.6) is 0 Å². The fourth-order valence-corrected chi connectivity index (χ4v) is 3.14. The molecule has 1 heterocycles. The SMILES string of the molecule is O=C(NCc1ccc(F)cc1)c1ccnc(C(=O)NCCC2=CCCCC2)c1. The first-order chi connectivity index (χ1) is 13.6. The average molecular weight is 381 g/mol. The van der Waals surface area contributed by atoms with E-state index in [0.29, 0.717) is 12.1 Å². The van der Waals surface area contributed by atoms with Crippen LogP contribution in [0, 0.1) is 5.82 Å². The van der Waals surface area contributed by atoms with Gasteiger partial charge in [0.05, 0.1) is 0 Å². The van der Waals surface area contributed by atoms with Crippen molar-refractivity contribution >= 4 is 11.8 Å². The van der Waals surface area contributed by atoms with Gasteiger partial charge in [-0.05, 0) is 61.9 Å². The summed E-state index contributed by atoms with van der Waals surface area (Å²) in [5.41, 5.74) is 2.76. The molecule has 0 aliphatic heterocycles. The molecule has 1 aliphatic rings. The zero-order valence-corrected chi connectivity index (χ0v) is 15.7. The van der Waals surface area contributed by atoms with E-state index in [-0.39, 0.29) is 29.9 Å². The van der Waals surface area contributed by atoms with Crippen molar-refractivity contribution in [3.05, 3.63) is 76.9 Å². The highest BCUT2D eigenvalue weighted by Crippen LogP contribution is 2.19. The Balaban J connectivity index is 1.51. The Labute approximate surface area is 164 Å². The van der Waals surface area contributed by atoms with E-state index < -0.39 is 0 Å². The van der Waals surface area contributed by atoms with Gasteiger partial charge in [-0.1, -0.05) is 23.8 Å². The van der Waals surface area contributed by atoms with Gasteiger partial charge >= 0.3 is 0 Å². The van der Waals surface area contributed by atoms with Crippen LogP contribution < -0.4 is 10.6 Å². The van der Waals surface area contributed by atoms with Crippen molar-refractivity contribution in [1.82, 2.24) is 15.6 Å². The van der Waals surface area contributed by atoms with E-state index in [4.69, 9.17) is 0 Å². The third-order valence-corrected chi connectivity index (χ3v) is 4.74. The number of carbonyl (C=O) groups excluding carboxylic acids is 2. The summed E-state index contributed by atoms with van der Waals surface area (Å²) in [7, 11) is 0. The normalized spacial score (nSPS) is 13.5. The molecule has 28 heavy (non-hydrogen) atoms. The van der Waals surface area contributed by atoms with Crippen LogP contribution in [0.25, 0.3) is 0 Å². The highest BCUT2D eigenvalue weighted by atomic mass is 19.1. The maximum atomic E-state index is 12.9. The molecule has 5 nitrogen and oxygen atoms in total. The summed E-state index contributed by atoms with van der Waals surface area (Å²) >= 11 is 0. The van der Waals surface area contributed by atoms with Crippen molar-refractivity contribution in [2.75, 3.05) is 6.54 Å². The van der Waals surface area contributed by atoms with Gasteiger partial charge in [-0.3, -0.25) is 14.6 Å². The van der Waals surface area contributed by atoms with Gasteiger partial charge in [-0.2, -0.15) is 0 Å². The Kier molecular flexibility index (Phi) is 6.89. The molecule has 146 valence electrons. The van der Waals surface area contributed by atoms with E-state index in [2.05, 4.69) is 21.7 Å². The number of allylic oxidation sites excluding steroid dienone is 1. The minimum absolute atomic E-state index is 0.215. The number of carbonyl (C=O) groups is 2. The Morgan fingerprint density at radius 1 is 1.04 bits per heavy atom. The smallest absolute Gasteiger partial charge is 0.269 e. The molecule has 1 aliphatic carbocycles. The maximum Gasteiger partial charge on any atom is 0.269 e. The summed E-state index contributed by atoms with van der Waals surface area (Å²) < 4.78 is 12.9. The van der Waals surface area contributed by atoms with E-state index in [1.807, 2.05) is 0 Å². The monoisotopic (exact) mass is 381 g/mol. The molecule has 0 fully saturated rings. The first-order valence-electron chi connectivity index (χ1n) is 9.56. The van der Waals surface area contributed by atoms with Crippen LogP contribution in [0.1, 0.15) is 58.5 Å². The van der Waals surface area contributed by atoms with E-state index in [0.717, 1.165) is 24.8 Å². The first-order valence-corrected chi connectivity index (χ1v) is 9.56. The summed E-state index contributed by atoms with van der Waals surface area (Å²) in [6.07, 6.45) is 9.26. The Bertz CT molecular complexity index is 862. The minimum Gasteiger partial charge on any atom is -0.350 e. The summed E-state index contributed by atoms with van der Waals surface area (Å²) in [5.74, 6) is -0.919. The number of benzene rings is 1. The van der Waals surface area contributed by atoms with Crippen molar-refractivity contribution < 1.29 is 14.0 Å². The first kappa shape index (κ1) is 19.7. The lowest BCUT2D eigenvalue weighted by Gasteiger charge is -2.13. The molecule has 0 unspecified atom stereocenters. The third kappa shape index (κ3) is 5.74. The van der Waals surface area contributed by atoms with Crippen molar-refractivity contribution in [2.45, 2.75) is 38.6 Å². The molecule has 0 radical (unpaired) electrons. The lowest BCUT2D eigenvalue weighted by atomic mass is 9.97. The largest absolute Gasteiger partial charge is 0.350 e. The molecule has 3 rings (SSSR count). The molecule has 0 bridgehead atoms. The van der Waals surface area contributed by atoms with Crippen molar-refractivity contribution in [3.8, 4) is 0 Å². The molecule has 1 aromatic carbocycles. The Morgan fingerprint density at radius 3 is 2.61 bits per heavy atom. The fourth-order valence-electron chi connectivity index (χ4n) is 3.14. The fraction of sp³-hybridized carbons (Fsp3) is 0.318. The lowest BCUT2D eigenvalue weighted by Crippen LogP contribution is -2.27. The quantitative estimate of drug-likeness (QED) is 0.717. The number of aromatic nitrogens is 1. The number of halogens is 1. The molecule has 2 N–H and O–H groups in total. The maximum absolute atomic E-state index is 12.9. The molecular formula is C22H24FN3O2.